The van der Waals surface area contributed by atoms with E-state index in [0.717, 1.165) is 64.5 Å². The molecule has 2 aromatic rings. The van der Waals surface area contributed by atoms with Gasteiger partial charge in [-0.3, -0.25) is 9.88 Å². The van der Waals surface area contributed by atoms with Gasteiger partial charge in [0.05, 0.1) is 24.9 Å². The van der Waals surface area contributed by atoms with Gasteiger partial charge in [0.15, 0.2) is 0 Å². The molecule has 6 heteroatoms. The van der Waals surface area contributed by atoms with E-state index in [2.05, 4.69) is 44.0 Å². The number of piperidine rings is 1. The number of nitrogens with zero attached hydrogens (tertiary/aromatic N) is 4. The Kier molecular flexibility index (Phi) is 4.78. The first-order chi connectivity index (χ1) is 13.8. The smallest absolute Gasteiger partial charge is 0.147 e. The summed E-state index contributed by atoms with van der Waals surface area (Å²) in [6.07, 6.45) is 7.80. The summed E-state index contributed by atoms with van der Waals surface area (Å²) in [6, 6.07) is 8.77. The third kappa shape index (κ3) is 2.91. The monoisotopic (exact) mass is 380 g/mol. The normalized spacial score (nSPS) is 27.5. The summed E-state index contributed by atoms with van der Waals surface area (Å²) < 4.78 is 5.66. The standard InChI is InChI=1S/C22H28N4O2/c27-21-20(26-10-3-14-28-15-13-26)17-4-1-2-5-18(17)22(21)6-11-25(12-7-22)19-16-23-8-9-24-19/h1-2,4-5,8-9,16,20-21,27H,3,6-7,10-15H2/t20-,21+/m1/s1. The van der Waals surface area contributed by atoms with E-state index in [0.29, 0.717) is 0 Å². The van der Waals surface area contributed by atoms with Gasteiger partial charge in [-0.2, -0.15) is 0 Å². The maximum atomic E-state index is 11.7. The van der Waals surface area contributed by atoms with E-state index in [-0.39, 0.29) is 17.6 Å². The molecular formula is C22H28N4O2. The Morgan fingerprint density at radius 2 is 1.89 bits per heavy atom. The molecule has 1 aliphatic carbocycles. The van der Waals surface area contributed by atoms with Crippen molar-refractivity contribution in [3.63, 3.8) is 0 Å². The van der Waals surface area contributed by atoms with Crippen LogP contribution in [-0.4, -0.2) is 65.5 Å². The number of aliphatic hydroxyl groups excluding tert-OH is 1. The molecule has 1 N–H and O–H groups in total. The quantitative estimate of drug-likeness (QED) is 0.862. The van der Waals surface area contributed by atoms with Crippen molar-refractivity contribution in [1.29, 1.82) is 0 Å². The molecule has 1 aromatic heterocycles. The molecule has 28 heavy (non-hydrogen) atoms. The Labute approximate surface area is 166 Å². The molecule has 6 nitrogen and oxygen atoms in total. The van der Waals surface area contributed by atoms with Crippen LogP contribution in [0.5, 0.6) is 0 Å². The second-order valence-electron chi connectivity index (χ2n) is 8.19. The van der Waals surface area contributed by atoms with Gasteiger partial charge in [-0.1, -0.05) is 24.3 Å². The summed E-state index contributed by atoms with van der Waals surface area (Å²) in [7, 11) is 0. The van der Waals surface area contributed by atoms with Crippen LogP contribution in [-0.2, 0) is 10.2 Å². The highest BCUT2D eigenvalue weighted by Gasteiger charge is 2.54. The van der Waals surface area contributed by atoms with Crippen LogP contribution in [0.25, 0.3) is 0 Å². The lowest BCUT2D eigenvalue weighted by Crippen LogP contribution is -2.50. The number of anilines is 1. The molecule has 5 rings (SSSR count). The van der Waals surface area contributed by atoms with Gasteiger partial charge >= 0.3 is 0 Å². The van der Waals surface area contributed by atoms with E-state index in [1.165, 1.54) is 11.1 Å². The first-order valence-corrected chi connectivity index (χ1v) is 10.4. The zero-order chi connectivity index (χ0) is 19.0. The lowest BCUT2D eigenvalue weighted by Gasteiger charge is -2.44. The summed E-state index contributed by atoms with van der Waals surface area (Å²) >= 11 is 0. The Balaban J connectivity index is 1.44. The van der Waals surface area contributed by atoms with E-state index in [4.69, 9.17) is 4.74 Å². The largest absolute Gasteiger partial charge is 0.390 e. The number of hydrogen-bond donors (Lipinski definition) is 1. The maximum absolute atomic E-state index is 11.7. The van der Waals surface area contributed by atoms with Crippen molar-refractivity contribution in [2.75, 3.05) is 44.3 Å². The van der Waals surface area contributed by atoms with E-state index >= 15 is 0 Å². The molecule has 2 atom stereocenters. The fraction of sp³-hybridized carbons (Fsp3) is 0.545. The van der Waals surface area contributed by atoms with Crippen LogP contribution in [0.2, 0.25) is 0 Å². The topological polar surface area (TPSA) is 61.7 Å². The first kappa shape index (κ1) is 18.0. The number of fused-ring (bicyclic) bond motifs is 2. The van der Waals surface area contributed by atoms with Gasteiger partial charge < -0.3 is 14.7 Å². The molecule has 0 radical (unpaired) electrons. The van der Waals surface area contributed by atoms with Gasteiger partial charge in [0.2, 0.25) is 0 Å². The predicted molar refractivity (Wildman–Crippen MR) is 107 cm³/mol. The van der Waals surface area contributed by atoms with Crippen LogP contribution in [0.1, 0.15) is 36.4 Å². The molecule has 1 spiro atoms. The Bertz CT molecular complexity index is 799. The van der Waals surface area contributed by atoms with Crippen LogP contribution in [0, 0.1) is 0 Å². The van der Waals surface area contributed by atoms with Gasteiger partial charge in [-0.25, -0.2) is 4.98 Å². The molecule has 2 aliphatic heterocycles. The number of hydrogen-bond acceptors (Lipinski definition) is 6. The molecule has 2 fully saturated rings. The van der Waals surface area contributed by atoms with E-state index in [1.807, 2.05) is 6.20 Å². The molecule has 0 saturated carbocycles. The highest BCUT2D eigenvalue weighted by molar-refractivity contribution is 5.47. The fourth-order valence-corrected chi connectivity index (χ4v) is 5.43. The number of aliphatic hydroxyl groups is 1. The van der Waals surface area contributed by atoms with Crippen molar-refractivity contribution in [3.8, 4) is 0 Å². The molecule has 3 heterocycles. The van der Waals surface area contributed by atoms with Crippen molar-refractivity contribution >= 4 is 5.82 Å². The van der Waals surface area contributed by atoms with Crippen molar-refractivity contribution in [2.45, 2.75) is 36.8 Å². The maximum Gasteiger partial charge on any atom is 0.147 e. The SMILES string of the molecule is O[C@H]1[C@H](N2CCCOCC2)c2ccccc2C12CCN(c1cnccn1)CC2. The van der Waals surface area contributed by atoms with Crippen molar-refractivity contribution in [3.05, 3.63) is 54.0 Å². The average molecular weight is 380 g/mol. The summed E-state index contributed by atoms with van der Waals surface area (Å²) in [4.78, 5) is 13.4. The molecule has 2 saturated heterocycles. The Morgan fingerprint density at radius 1 is 1.04 bits per heavy atom. The third-order valence-corrected chi connectivity index (χ3v) is 6.86. The van der Waals surface area contributed by atoms with Crippen LogP contribution in [0.4, 0.5) is 5.82 Å². The van der Waals surface area contributed by atoms with Crippen molar-refractivity contribution in [1.82, 2.24) is 14.9 Å². The van der Waals surface area contributed by atoms with Crippen LogP contribution in [0.15, 0.2) is 42.9 Å². The van der Waals surface area contributed by atoms with Gasteiger partial charge in [-0.15, -0.1) is 0 Å². The number of aromatic nitrogens is 2. The van der Waals surface area contributed by atoms with Gasteiger partial charge in [-0.05, 0) is 30.4 Å². The zero-order valence-electron chi connectivity index (χ0n) is 16.2. The van der Waals surface area contributed by atoms with Crippen LogP contribution < -0.4 is 4.90 Å². The Hall–Kier alpha value is -2.02. The van der Waals surface area contributed by atoms with E-state index < -0.39 is 0 Å². The minimum Gasteiger partial charge on any atom is -0.390 e. The minimum absolute atomic E-state index is 0.0703. The van der Waals surface area contributed by atoms with Crippen LogP contribution >= 0.6 is 0 Å². The summed E-state index contributed by atoms with van der Waals surface area (Å²) in [5, 5.41) is 11.7. The molecule has 0 unspecified atom stereocenters. The molecule has 148 valence electrons. The van der Waals surface area contributed by atoms with Crippen molar-refractivity contribution in [2.24, 2.45) is 0 Å². The number of ether oxygens (including phenoxy) is 1. The number of benzene rings is 1. The molecule has 1 aromatic carbocycles. The lowest BCUT2D eigenvalue weighted by atomic mass is 9.72. The highest BCUT2D eigenvalue weighted by Crippen LogP contribution is 2.53. The average Bonchev–Trinajstić information content (AvgIpc) is 2.93. The molecule has 3 aliphatic rings. The number of rotatable bonds is 2. The first-order valence-electron chi connectivity index (χ1n) is 10.4. The Morgan fingerprint density at radius 3 is 2.71 bits per heavy atom. The molecule has 0 amide bonds. The van der Waals surface area contributed by atoms with Crippen molar-refractivity contribution < 1.29 is 9.84 Å². The second kappa shape index (κ2) is 7.43. The lowest BCUT2D eigenvalue weighted by molar-refractivity contribution is -0.000401. The summed E-state index contributed by atoms with van der Waals surface area (Å²) in [5.41, 5.74) is 2.48. The van der Waals surface area contributed by atoms with Gasteiger partial charge in [0.25, 0.3) is 0 Å². The fourth-order valence-electron chi connectivity index (χ4n) is 5.43. The molecule has 0 bridgehead atoms. The third-order valence-electron chi connectivity index (χ3n) is 6.86. The minimum atomic E-state index is -0.382. The van der Waals surface area contributed by atoms with Gasteiger partial charge in [0, 0.05) is 50.6 Å². The van der Waals surface area contributed by atoms with Crippen LogP contribution in [0.3, 0.4) is 0 Å². The second-order valence-corrected chi connectivity index (χ2v) is 8.19. The van der Waals surface area contributed by atoms with E-state index in [9.17, 15) is 5.11 Å². The summed E-state index contributed by atoms with van der Waals surface area (Å²) in [5.74, 6) is 0.930. The highest BCUT2D eigenvalue weighted by atomic mass is 16.5. The summed E-state index contributed by atoms with van der Waals surface area (Å²) in [6.45, 7) is 5.22. The zero-order valence-corrected chi connectivity index (χ0v) is 16.2. The predicted octanol–water partition coefficient (Wildman–Crippen LogP) is 2.15. The van der Waals surface area contributed by atoms with Gasteiger partial charge in [0.1, 0.15) is 5.82 Å². The molecular weight excluding hydrogens is 352 g/mol. The van der Waals surface area contributed by atoms with E-state index in [1.54, 1.807) is 12.4 Å².